The van der Waals surface area contributed by atoms with Crippen molar-refractivity contribution in [1.82, 2.24) is 9.62 Å². The van der Waals surface area contributed by atoms with Crippen LogP contribution in [0.25, 0.3) is 0 Å². The van der Waals surface area contributed by atoms with Crippen molar-refractivity contribution in [1.29, 1.82) is 0 Å². The number of nitrogens with one attached hydrogen (secondary N) is 1. The lowest BCUT2D eigenvalue weighted by atomic mass is 10.3. The number of hydrogen-bond donors (Lipinski definition) is 1. The third-order valence-corrected chi connectivity index (χ3v) is 6.55. The van der Waals surface area contributed by atoms with Gasteiger partial charge in [-0.15, -0.1) is 11.3 Å². The zero-order valence-electron chi connectivity index (χ0n) is 13.5. The quantitative estimate of drug-likeness (QED) is 0.797. The van der Waals surface area contributed by atoms with Crippen LogP contribution < -0.4 is 4.72 Å². The molecule has 0 spiro atoms. The number of likely N-dealkylation sites (tertiary alicyclic amines) is 1. The van der Waals surface area contributed by atoms with Crippen LogP contribution in [0.15, 0.2) is 17.5 Å². The Hall–Kier alpha value is -1.00. The van der Waals surface area contributed by atoms with E-state index in [9.17, 15) is 13.2 Å². The van der Waals surface area contributed by atoms with Gasteiger partial charge in [0.25, 0.3) is 0 Å². The van der Waals surface area contributed by atoms with Crippen molar-refractivity contribution in [2.45, 2.75) is 31.6 Å². The maximum Gasteiger partial charge on any atom is 0.228 e. The van der Waals surface area contributed by atoms with E-state index in [0.29, 0.717) is 19.5 Å². The smallest absolute Gasteiger partial charge is 0.228 e. The molecular formula is C15H22N2O5S2. The molecule has 3 heterocycles. The number of carbonyl (C=O) groups is 1. The molecule has 134 valence electrons. The van der Waals surface area contributed by atoms with E-state index in [1.165, 1.54) is 0 Å². The number of amides is 1. The molecule has 0 radical (unpaired) electrons. The Balaban J connectivity index is 1.53. The Morgan fingerprint density at radius 1 is 1.33 bits per heavy atom. The minimum Gasteiger partial charge on any atom is -0.372 e. The van der Waals surface area contributed by atoms with E-state index in [1.54, 1.807) is 23.2 Å². The molecule has 0 bridgehead atoms. The van der Waals surface area contributed by atoms with E-state index < -0.39 is 10.0 Å². The maximum atomic E-state index is 12.4. The predicted octanol–water partition coefficient (Wildman–Crippen LogP) is 0.225. The van der Waals surface area contributed by atoms with Crippen LogP contribution in [0.2, 0.25) is 0 Å². The molecule has 2 fully saturated rings. The van der Waals surface area contributed by atoms with Crippen LogP contribution in [0, 0.1) is 0 Å². The molecule has 0 aromatic carbocycles. The number of ether oxygens (including phenoxy) is 2. The van der Waals surface area contributed by atoms with Crippen molar-refractivity contribution >= 4 is 27.3 Å². The summed E-state index contributed by atoms with van der Waals surface area (Å²) in [7, 11) is -3.29. The molecule has 2 atom stereocenters. The van der Waals surface area contributed by atoms with Gasteiger partial charge in [0.15, 0.2) is 0 Å². The van der Waals surface area contributed by atoms with Crippen molar-refractivity contribution < 1.29 is 22.7 Å². The van der Waals surface area contributed by atoms with E-state index in [-0.39, 0.29) is 43.1 Å². The molecule has 0 unspecified atom stereocenters. The monoisotopic (exact) mass is 374 g/mol. The highest BCUT2D eigenvalue weighted by molar-refractivity contribution is 7.89. The maximum absolute atomic E-state index is 12.4. The fourth-order valence-corrected chi connectivity index (χ4v) is 4.38. The SMILES string of the molecule is CCS(=O)(=O)NC1CO[C@H]2CN(C(=O)Cc3cccs3)C[C@@H]2OC1. The first-order chi connectivity index (χ1) is 11.5. The molecule has 2 aliphatic rings. The van der Waals surface area contributed by atoms with Crippen molar-refractivity contribution in [2.75, 3.05) is 32.1 Å². The molecule has 1 amide bonds. The van der Waals surface area contributed by atoms with Gasteiger partial charge in [-0.3, -0.25) is 4.79 Å². The summed E-state index contributed by atoms with van der Waals surface area (Å²) in [6, 6.07) is 3.51. The largest absolute Gasteiger partial charge is 0.372 e. The predicted molar refractivity (Wildman–Crippen MR) is 90.5 cm³/mol. The summed E-state index contributed by atoms with van der Waals surface area (Å²) in [6.45, 7) is 3.08. The Morgan fingerprint density at radius 2 is 2.00 bits per heavy atom. The second-order valence-electron chi connectivity index (χ2n) is 6.02. The molecule has 7 nitrogen and oxygen atoms in total. The fraction of sp³-hybridized carbons (Fsp3) is 0.667. The molecule has 0 saturated carbocycles. The average molecular weight is 374 g/mol. The van der Waals surface area contributed by atoms with Crippen molar-refractivity contribution in [3.05, 3.63) is 22.4 Å². The van der Waals surface area contributed by atoms with E-state index in [2.05, 4.69) is 4.72 Å². The lowest BCUT2D eigenvalue weighted by molar-refractivity contribution is -0.130. The van der Waals surface area contributed by atoms with Gasteiger partial charge in [-0.25, -0.2) is 13.1 Å². The molecule has 2 aliphatic heterocycles. The highest BCUT2D eigenvalue weighted by Crippen LogP contribution is 2.22. The Bertz CT molecular complexity index is 645. The van der Waals surface area contributed by atoms with Crippen LogP contribution in [0.4, 0.5) is 0 Å². The van der Waals surface area contributed by atoms with Crippen LogP contribution >= 0.6 is 11.3 Å². The zero-order chi connectivity index (χ0) is 17.2. The molecular weight excluding hydrogens is 352 g/mol. The lowest BCUT2D eigenvalue weighted by Crippen LogP contribution is -2.42. The van der Waals surface area contributed by atoms with Crippen molar-refractivity contribution in [2.24, 2.45) is 0 Å². The van der Waals surface area contributed by atoms with Crippen LogP contribution in [0.1, 0.15) is 11.8 Å². The van der Waals surface area contributed by atoms with Gasteiger partial charge in [-0.05, 0) is 18.4 Å². The van der Waals surface area contributed by atoms with E-state index in [1.807, 2.05) is 17.5 Å². The number of thiophene rings is 1. The van der Waals surface area contributed by atoms with Gasteiger partial charge in [-0.1, -0.05) is 6.07 Å². The second-order valence-corrected chi connectivity index (χ2v) is 9.09. The lowest BCUT2D eigenvalue weighted by Gasteiger charge is -2.19. The normalized spacial score (nSPS) is 25.5. The fourth-order valence-electron chi connectivity index (χ4n) is 2.87. The van der Waals surface area contributed by atoms with E-state index in [0.717, 1.165) is 4.88 Å². The minimum absolute atomic E-state index is 0.0291. The second kappa shape index (κ2) is 7.49. The first kappa shape index (κ1) is 17.8. The summed E-state index contributed by atoms with van der Waals surface area (Å²) in [5.74, 6) is 0.0995. The molecule has 24 heavy (non-hydrogen) atoms. The summed E-state index contributed by atoms with van der Waals surface area (Å²) in [6.07, 6.45) is -0.00224. The van der Waals surface area contributed by atoms with E-state index >= 15 is 0 Å². The number of nitrogens with zero attached hydrogens (tertiary/aromatic N) is 1. The Kier molecular flexibility index (Phi) is 5.56. The first-order valence-electron chi connectivity index (χ1n) is 8.00. The zero-order valence-corrected chi connectivity index (χ0v) is 15.1. The van der Waals surface area contributed by atoms with Crippen LogP contribution in [0.3, 0.4) is 0 Å². The minimum atomic E-state index is -3.29. The average Bonchev–Trinajstić information content (AvgIpc) is 3.16. The third-order valence-electron chi connectivity index (χ3n) is 4.22. The number of carbonyl (C=O) groups excluding carboxylic acids is 1. The molecule has 9 heteroatoms. The third kappa shape index (κ3) is 4.34. The van der Waals surface area contributed by atoms with Gasteiger partial charge in [-0.2, -0.15) is 0 Å². The number of sulfonamides is 1. The van der Waals surface area contributed by atoms with Crippen LogP contribution in [0.5, 0.6) is 0 Å². The number of rotatable bonds is 5. The first-order valence-corrected chi connectivity index (χ1v) is 10.5. The summed E-state index contributed by atoms with van der Waals surface area (Å²) in [5, 5.41) is 1.96. The summed E-state index contributed by atoms with van der Waals surface area (Å²) >= 11 is 1.57. The van der Waals surface area contributed by atoms with Gasteiger partial charge >= 0.3 is 0 Å². The molecule has 1 aromatic heterocycles. The van der Waals surface area contributed by atoms with Gasteiger partial charge in [0.05, 0.1) is 31.4 Å². The van der Waals surface area contributed by atoms with Crippen LogP contribution in [-0.2, 0) is 30.7 Å². The van der Waals surface area contributed by atoms with Gasteiger partial charge in [0, 0.05) is 18.0 Å². The van der Waals surface area contributed by atoms with Gasteiger partial charge in [0.2, 0.25) is 15.9 Å². The Morgan fingerprint density at radius 3 is 2.54 bits per heavy atom. The molecule has 1 N–H and O–H groups in total. The van der Waals surface area contributed by atoms with Gasteiger partial charge in [0.1, 0.15) is 12.2 Å². The van der Waals surface area contributed by atoms with E-state index in [4.69, 9.17) is 9.47 Å². The standard InChI is InChI=1S/C15H22N2O5S2/c1-2-24(19,20)16-11-9-21-13-7-17(8-14(13)22-10-11)15(18)6-12-4-3-5-23-12/h3-5,11,13-14,16H,2,6-10H2,1H3/t13-,14-/m0/s1. The summed E-state index contributed by atoms with van der Waals surface area (Å²) < 4.78 is 37.5. The molecule has 2 saturated heterocycles. The van der Waals surface area contributed by atoms with Gasteiger partial charge < -0.3 is 14.4 Å². The highest BCUT2D eigenvalue weighted by Gasteiger charge is 2.39. The summed E-state index contributed by atoms with van der Waals surface area (Å²) in [5.41, 5.74) is 0. The molecule has 1 aromatic rings. The highest BCUT2D eigenvalue weighted by atomic mass is 32.2. The van der Waals surface area contributed by atoms with Crippen LogP contribution in [-0.4, -0.2) is 69.5 Å². The van der Waals surface area contributed by atoms with Crippen molar-refractivity contribution in [3.8, 4) is 0 Å². The molecule has 0 aliphatic carbocycles. The van der Waals surface area contributed by atoms with Crippen molar-refractivity contribution in [3.63, 3.8) is 0 Å². The number of fused-ring (bicyclic) bond motifs is 1. The summed E-state index contributed by atoms with van der Waals surface area (Å²) in [4.78, 5) is 15.2. The molecule has 3 rings (SSSR count). The number of hydrogen-bond acceptors (Lipinski definition) is 6. The topological polar surface area (TPSA) is 84.9 Å². The Labute approximate surface area is 146 Å².